The van der Waals surface area contributed by atoms with Crippen molar-refractivity contribution in [3.63, 3.8) is 0 Å². The fourth-order valence-corrected chi connectivity index (χ4v) is 4.08. The highest BCUT2D eigenvalue weighted by Gasteiger charge is 2.29. The minimum atomic E-state index is -3.70. The number of para-hydroxylation sites is 1. The first-order valence-corrected chi connectivity index (χ1v) is 12.6. The number of carbonyl (C=O) groups is 2. The normalized spacial score (nSPS) is 12.3. The van der Waals surface area contributed by atoms with Crippen LogP contribution in [0.2, 0.25) is 0 Å². The Bertz CT molecular complexity index is 979. The maximum atomic E-state index is 13.3. The largest absolute Gasteiger partial charge is 0.354 e. The van der Waals surface area contributed by atoms with Crippen LogP contribution in [0.25, 0.3) is 0 Å². The Labute approximate surface area is 191 Å². The van der Waals surface area contributed by atoms with Gasteiger partial charge in [-0.2, -0.15) is 0 Å². The van der Waals surface area contributed by atoms with Gasteiger partial charge in [0.2, 0.25) is 21.8 Å². The van der Waals surface area contributed by atoms with Crippen LogP contribution in [-0.2, 0) is 26.0 Å². The van der Waals surface area contributed by atoms with Crippen LogP contribution in [0.1, 0.15) is 26.3 Å². The molecular formula is C24H33N3O4S. The maximum Gasteiger partial charge on any atom is 0.244 e. The molecule has 0 radical (unpaired) electrons. The Balaban J connectivity index is 2.25. The summed E-state index contributed by atoms with van der Waals surface area (Å²) in [5.41, 5.74) is 1.44. The average molecular weight is 460 g/mol. The molecule has 2 aromatic carbocycles. The summed E-state index contributed by atoms with van der Waals surface area (Å²) >= 11 is 0. The Kier molecular flexibility index (Phi) is 9.26. The lowest BCUT2D eigenvalue weighted by Crippen LogP contribution is -2.52. The van der Waals surface area contributed by atoms with Crippen LogP contribution in [-0.4, -0.2) is 57.1 Å². The number of nitrogens with one attached hydrogen (secondary N) is 1. The van der Waals surface area contributed by atoms with Crippen molar-refractivity contribution < 1.29 is 18.0 Å². The summed E-state index contributed by atoms with van der Waals surface area (Å²) < 4.78 is 25.9. The van der Waals surface area contributed by atoms with Gasteiger partial charge in [-0.05, 0) is 37.0 Å². The Morgan fingerprint density at radius 1 is 0.938 bits per heavy atom. The van der Waals surface area contributed by atoms with Gasteiger partial charge in [0.25, 0.3) is 0 Å². The van der Waals surface area contributed by atoms with Crippen molar-refractivity contribution in [1.29, 1.82) is 0 Å². The van der Waals surface area contributed by atoms with Gasteiger partial charge in [-0.15, -0.1) is 0 Å². The van der Waals surface area contributed by atoms with Crippen LogP contribution in [0.15, 0.2) is 60.7 Å². The van der Waals surface area contributed by atoms with Crippen LogP contribution in [0, 0.1) is 5.92 Å². The molecule has 0 saturated carbocycles. The molecule has 1 atom stereocenters. The minimum Gasteiger partial charge on any atom is -0.354 e. The van der Waals surface area contributed by atoms with E-state index in [0.717, 1.165) is 16.1 Å². The number of hydrogen-bond acceptors (Lipinski definition) is 4. The lowest BCUT2D eigenvalue weighted by Gasteiger charge is -2.31. The Hall–Kier alpha value is -2.87. The zero-order valence-corrected chi connectivity index (χ0v) is 20.0. The molecule has 1 N–H and O–H groups in total. The molecule has 0 heterocycles. The zero-order chi connectivity index (χ0) is 23.7. The van der Waals surface area contributed by atoms with Gasteiger partial charge in [0.05, 0.1) is 11.9 Å². The third-order valence-corrected chi connectivity index (χ3v) is 6.20. The summed E-state index contributed by atoms with van der Waals surface area (Å²) in [6.45, 7) is 6.08. The smallest absolute Gasteiger partial charge is 0.244 e. The van der Waals surface area contributed by atoms with E-state index in [2.05, 4.69) is 5.32 Å². The van der Waals surface area contributed by atoms with Gasteiger partial charge < -0.3 is 10.2 Å². The van der Waals surface area contributed by atoms with Crippen molar-refractivity contribution in [1.82, 2.24) is 10.2 Å². The molecule has 8 heteroatoms. The highest BCUT2D eigenvalue weighted by molar-refractivity contribution is 7.92. The summed E-state index contributed by atoms with van der Waals surface area (Å²) in [4.78, 5) is 27.5. The second kappa shape index (κ2) is 11.7. The highest BCUT2D eigenvalue weighted by atomic mass is 32.2. The van der Waals surface area contributed by atoms with Crippen molar-refractivity contribution >= 4 is 27.5 Å². The first-order valence-electron chi connectivity index (χ1n) is 10.7. The Morgan fingerprint density at radius 3 is 2.03 bits per heavy atom. The van der Waals surface area contributed by atoms with E-state index in [9.17, 15) is 18.0 Å². The number of amides is 2. The van der Waals surface area contributed by atoms with Gasteiger partial charge >= 0.3 is 0 Å². The standard InChI is InChI=1S/C24H33N3O4S/c1-19(2)17-25-24(29)20(3)26(16-15-21-11-7-5-8-12-21)23(28)18-27(32(4,30)31)22-13-9-6-10-14-22/h5-14,19-20H,15-18H2,1-4H3,(H,25,29). The van der Waals surface area contributed by atoms with E-state index in [-0.39, 0.29) is 18.4 Å². The topological polar surface area (TPSA) is 86.8 Å². The summed E-state index contributed by atoms with van der Waals surface area (Å²) in [6.07, 6.45) is 1.62. The summed E-state index contributed by atoms with van der Waals surface area (Å²) in [6, 6.07) is 17.4. The molecule has 0 aromatic heterocycles. The van der Waals surface area contributed by atoms with Crippen molar-refractivity contribution in [3.05, 3.63) is 66.2 Å². The predicted octanol–water partition coefficient (Wildman–Crippen LogP) is 2.68. The number of nitrogens with zero attached hydrogens (tertiary/aromatic N) is 2. The van der Waals surface area contributed by atoms with Crippen LogP contribution in [0.5, 0.6) is 0 Å². The molecule has 7 nitrogen and oxygen atoms in total. The third kappa shape index (κ3) is 7.67. The van der Waals surface area contributed by atoms with E-state index in [1.54, 1.807) is 37.3 Å². The number of anilines is 1. The monoisotopic (exact) mass is 459 g/mol. The number of sulfonamides is 1. The highest BCUT2D eigenvalue weighted by Crippen LogP contribution is 2.17. The van der Waals surface area contributed by atoms with Gasteiger partial charge in [-0.25, -0.2) is 8.42 Å². The van der Waals surface area contributed by atoms with Gasteiger partial charge in [0.15, 0.2) is 0 Å². The SMILES string of the molecule is CC(C)CNC(=O)C(C)N(CCc1ccccc1)C(=O)CN(c1ccccc1)S(C)(=O)=O. The lowest BCUT2D eigenvalue weighted by atomic mass is 10.1. The van der Waals surface area contributed by atoms with Crippen molar-refractivity contribution in [2.45, 2.75) is 33.2 Å². The molecule has 0 bridgehead atoms. The number of benzene rings is 2. The first-order chi connectivity index (χ1) is 15.1. The summed E-state index contributed by atoms with van der Waals surface area (Å²) in [5.74, 6) is -0.411. The van der Waals surface area contributed by atoms with Crippen LogP contribution in [0.4, 0.5) is 5.69 Å². The molecule has 174 valence electrons. The van der Waals surface area contributed by atoms with Crippen LogP contribution < -0.4 is 9.62 Å². The van der Waals surface area contributed by atoms with Crippen molar-refractivity contribution in [2.75, 3.05) is 30.2 Å². The van der Waals surface area contributed by atoms with Crippen molar-refractivity contribution in [3.8, 4) is 0 Å². The molecule has 2 amide bonds. The number of rotatable bonds is 11. The molecular weight excluding hydrogens is 426 g/mol. The van der Waals surface area contributed by atoms with E-state index in [4.69, 9.17) is 0 Å². The third-order valence-electron chi connectivity index (χ3n) is 5.06. The quantitative estimate of drug-likeness (QED) is 0.560. The molecule has 2 rings (SSSR count). The molecule has 0 aliphatic carbocycles. The zero-order valence-electron chi connectivity index (χ0n) is 19.2. The molecule has 0 aliphatic heterocycles. The number of carbonyl (C=O) groups excluding carboxylic acids is 2. The molecule has 32 heavy (non-hydrogen) atoms. The second-order valence-electron chi connectivity index (χ2n) is 8.24. The molecule has 0 saturated heterocycles. The lowest BCUT2D eigenvalue weighted by molar-refractivity contribution is -0.138. The fraction of sp³-hybridized carbons (Fsp3) is 0.417. The maximum absolute atomic E-state index is 13.3. The average Bonchev–Trinajstić information content (AvgIpc) is 2.76. The second-order valence-corrected chi connectivity index (χ2v) is 10.1. The van der Waals surface area contributed by atoms with Gasteiger partial charge in [0, 0.05) is 13.1 Å². The molecule has 1 unspecified atom stereocenters. The van der Waals surface area contributed by atoms with Gasteiger partial charge in [-0.1, -0.05) is 62.4 Å². The molecule has 0 fully saturated rings. The predicted molar refractivity (Wildman–Crippen MR) is 128 cm³/mol. The van der Waals surface area contributed by atoms with Crippen molar-refractivity contribution in [2.24, 2.45) is 5.92 Å². The van der Waals surface area contributed by atoms with E-state index < -0.39 is 22.0 Å². The van der Waals surface area contributed by atoms with Gasteiger partial charge in [0.1, 0.15) is 12.6 Å². The first kappa shape index (κ1) is 25.4. The van der Waals surface area contributed by atoms with Crippen LogP contribution in [0.3, 0.4) is 0 Å². The minimum absolute atomic E-state index is 0.259. The van der Waals surface area contributed by atoms with E-state index >= 15 is 0 Å². The number of hydrogen-bond donors (Lipinski definition) is 1. The molecule has 0 spiro atoms. The molecule has 0 aliphatic rings. The Morgan fingerprint density at radius 2 is 1.50 bits per heavy atom. The fourth-order valence-electron chi connectivity index (χ4n) is 3.23. The van der Waals surface area contributed by atoms with E-state index in [1.807, 2.05) is 44.2 Å². The van der Waals surface area contributed by atoms with Crippen LogP contribution >= 0.6 is 0 Å². The summed E-state index contributed by atoms with van der Waals surface area (Å²) in [7, 11) is -3.70. The van der Waals surface area contributed by atoms with Gasteiger partial charge in [-0.3, -0.25) is 13.9 Å². The molecule has 2 aromatic rings. The summed E-state index contributed by atoms with van der Waals surface area (Å²) in [5, 5.41) is 2.87. The van der Waals surface area contributed by atoms with E-state index in [0.29, 0.717) is 25.2 Å². The van der Waals surface area contributed by atoms with E-state index in [1.165, 1.54) is 4.90 Å².